The minimum absolute atomic E-state index is 0.139. The van der Waals surface area contributed by atoms with E-state index in [2.05, 4.69) is 15.9 Å². The zero-order valence-electron chi connectivity index (χ0n) is 7.63. The maximum absolute atomic E-state index is 9.92. The molecular weight excluding hydrogens is 262 g/mol. The standard InChI is InChI=1S/C3H6BrNO4.C3H8O2/c4-3(1-6,2-7)5(8)9;1-3(5)2-4/h6-7H,1-2H2;3-5H,2H2,1H3. The van der Waals surface area contributed by atoms with Gasteiger partial charge in [0, 0.05) is 20.9 Å². The second-order valence-corrected chi connectivity index (χ2v) is 4.00. The fraction of sp³-hybridized carbons (Fsp3) is 1.00. The molecule has 0 aliphatic carbocycles. The molecule has 0 fully saturated rings. The highest BCUT2D eigenvalue weighted by molar-refractivity contribution is 9.10. The van der Waals surface area contributed by atoms with E-state index in [0.717, 1.165) is 0 Å². The molecule has 0 heterocycles. The number of alkyl halides is 1. The second kappa shape index (κ2) is 8.06. The van der Waals surface area contributed by atoms with E-state index in [1.54, 1.807) is 0 Å². The van der Waals surface area contributed by atoms with Crippen LogP contribution in [0.1, 0.15) is 6.92 Å². The molecule has 1 atom stereocenters. The van der Waals surface area contributed by atoms with Crippen molar-refractivity contribution in [2.24, 2.45) is 0 Å². The Morgan fingerprint density at radius 1 is 1.43 bits per heavy atom. The molecule has 0 aliphatic rings. The number of aliphatic hydroxyl groups is 4. The first-order chi connectivity index (χ1) is 6.33. The lowest BCUT2D eigenvalue weighted by Crippen LogP contribution is -2.39. The van der Waals surface area contributed by atoms with E-state index in [9.17, 15) is 10.1 Å². The van der Waals surface area contributed by atoms with Crippen molar-refractivity contribution in [3.05, 3.63) is 10.1 Å². The van der Waals surface area contributed by atoms with Crippen molar-refractivity contribution in [3.8, 4) is 0 Å². The Bertz CT molecular complexity index is 160. The Labute approximate surface area is 89.3 Å². The first-order valence-corrected chi connectivity index (χ1v) is 4.47. The van der Waals surface area contributed by atoms with Crippen LogP contribution in [0.2, 0.25) is 0 Å². The van der Waals surface area contributed by atoms with Gasteiger partial charge < -0.3 is 20.4 Å². The molecule has 0 saturated heterocycles. The smallest absolute Gasteiger partial charge is 0.319 e. The lowest BCUT2D eigenvalue weighted by Gasteiger charge is -2.11. The van der Waals surface area contributed by atoms with Gasteiger partial charge in [0.05, 0.1) is 12.7 Å². The van der Waals surface area contributed by atoms with Gasteiger partial charge in [0.15, 0.2) is 0 Å². The van der Waals surface area contributed by atoms with Gasteiger partial charge in [-0.05, 0) is 6.92 Å². The van der Waals surface area contributed by atoms with Crippen LogP contribution in [0.3, 0.4) is 0 Å². The van der Waals surface area contributed by atoms with E-state index in [0.29, 0.717) is 0 Å². The van der Waals surface area contributed by atoms with E-state index in [1.165, 1.54) is 6.92 Å². The van der Waals surface area contributed by atoms with Gasteiger partial charge in [-0.3, -0.25) is 10.1 Å². The Morgan fingerprint density at radius 2 is 1.71 bits per heavy atom. The van der Waals surface area contributed by atoms with Crippen LogP contribution >= 0.6 is 15.9 Å². The first kappa shape index (κ1) is 16.2. The number of hydrogen-bond donors (Lipinski definition) is 4. The Hall–Kier alpha value is -0.280. The molecule has 4 N–H and O–H groups in total. The molecule has 0 saturated carbocycles. The molecule has 7 nitrogen and oxygen atoms in total. The van der Waals surface area contributed by atoms with Gasteiger partial charge in [0.25, 0.3) is 0 Å². The predicted molar refractivity (Wildman–Crippen MR) is 51.6 cm³/mol. The Morgan fingerprint density at radius 3 is 1.71 bits per heavy atom. The second-order valence-electron chi connectivity index (χ2n) is 2.52. The summed E-state index contributed by atoms with van der Waals surface area (Å²) in [4.78, 5) is 9.14. The molecule has 0 amide bonds. The summed E-state index contributed by atoms with van der Waals surface area (Å²) in [7, 11) is 0. The highest BCUT2D eigenvalue weighted by Gasteiger charge is 2.38. The van der Waals surface area contributed by atoms with Crippen LogP contribution in [-0.2, 0) is 0 Å². The maximum Gasteiger partial charge on any atom is 0.319 e. The maximum atomic E-state index is 9.92. The van der Waals surface area contributed by atoms with Crippen molar-refractivity contribution in [2.75, 3.05) is 19.8 Å². The summed E-state index contributed by atoms with van der Waals surface area (Å²) in [6.45, 7) is -0.0625. The molecule has 0 spiro atoms. The molecule has 1 unspecified atom stereocenters. The Balaban J connectivity index is 0. The molecule has 0 aromatic carbocycles. The van der Waals surface area contributed by atoms with Gasteiger partial charge in [-0.25, -0.2) is 0 Å². The summed E-state index contributed by atoms with van der Waals surface area (Å²) in [5.41, 5.74) is 0. The van der Waals surface area contributed by atoms with E-state index < -0.39 is 28.7 Å². The molecule has 0 radical (unpaired) electrons. The number of nitro groups is 1. The normalized spacial score (nSPS) is 12.7. The molecule has 86 valence electrons. The van der Waals surface area contributed by atoms with Gasteiger partial charge in [-0.2, -0.15) is 0 Å². The molecule has 0 bridgehead atoms. The number of aliphatic hydroxyl groups excluding tert-OH is 4. The molecule has 0 aromatic rings. The van der Waals surface area contributed by atoms with Crippen LogP contribution in [0.4, 0.5) is 0 Å². The number of nitrogens with zero attached hydrogens (tertiary/aromatic N) is 1. The molecule has 14 heavy (non-hydrogen) atoms. The summed E-state index contributed by atoms with van der Waals surface area (Å²) >= 11 is 2.55. The zero-order chi connectivity index (χ0) is 11.8. The Kier molecular flexibility index (Phi) is 9.31. The van der Waals surface area contributed by atoms with Gasteiger partial charge in [-0.1, -0.05) is 0 Å². The van der Waals surface area contributed by atoms with Gasteiger partial charge in [0.2, 0.25) is 0 Å². The lowest BCUT2D eigenvalue weighted by molar-refractivity contribution is -0.542. The lowest BCUT2D eigenvalue weighted by atomic mass is 10.4. The summed E-state index contributed by atoms with van der Waals surface area (Å²) in [6, 6.07) is 0. The molecule has 0 aromatic heterocycles. The van der Waals surface area contributed by atoms with Gasteiger partial charge >= 0.3 is 4.45 Å². The number of halogens is 1. The van der Waals surface area contributed by atoms with Gasteiger partial charge in [0.1, 0.15) is 13.2 Å². The van der Waals surface area contributed by atoms with Crippen molar-refractivity contribution in [1.82, 2.24) is 0 Å². The summed E-state index contributed by atoms with van der Waals surface area (Å²) in [5, 5.41) is 42.5. The predicted octanol–water partition coefficient (Wildman–Crippen LogP) is -1.30. The highest BCUT2D eigenvalue weighted by atomic mass is 79.9. The van der Waals surface area contributed by atoms with Crippen LogP contribution < -0.4 is 0 Å². The SMILES string of the molecule is CC(O)CO.O=[N+]([O-])C(Br)(CO)CO. The van der Waals surface area contributed by atoms with Crippen LogP contribution in [0.25, 0.3) is 0 Å². The fourth-order valence-corrected chi connectivity index (χ4v) is 0.165. The number of rotatable bonds is 4. The summed E-state index contributed by atoms with van der Waals surface area (Å²) < 4.78 is -1.77. The fourth-order valence-electron chi connectivity index (χ4n) is 0.165. The van der Waals surface area contributed by atoms with Gasteiger partial charge in [-0.15, -0.1) is 0 Å². The quantitative estimate of drug-likeness (QED) is 0.219. The van der Waals surface area contributed by atoms with E-state index in [1.807, 2.05) is 0 Å². The first-order valence-electron chi connectivity index (χ1n) is 3.68. The number of hydrogen-bond acceptors (Lipinski definition) is 6. The van der Waals surface area contributed by atoms with Crippen LogP contribution in [0.5, 0.6) is 0 Å². The van der Waals surface area contributed by atoms with E-state index in [-0.39, 0.29) is 6.61 Å². The third kappa shape index (κ3) is 7.15. The van der Waals surface area contributed by atoms with E-state index >= 15 is 0 Å². The largest absolute Gasteiger partial charge is 0.394 e. The third-order valence-electron chi connectivity index (χ3n) is 1.08. The average Bonchev–Trinajstić information content (AvgIpc) is 2.17. The van der Waals surface area contributed by atoms with Crippen molar-refractivity contribution in [1.29, 1.82) is 0 Å². The van der Waals surface area contributed by atoms with E-state index in [4.69, 9.17) is 20.4 Å². The molecule has 8 heteroatoms. The molecular formula is C6H14BrNO6. The van der Waals surface area contributed by atoms with Crippen molar-refractivity contribution in [3.63, 3.8) is 0 Å². The summed E-state index contributed by atoms with van der Waals surface area (Å²) in [6.07, 6.45) is -0.560. The molecule has 0 aliphatic heterocycles. The van der Waals surface area contributed by atoms with Crippen molar-refractivity contribution < 1.29 is 25.3 Å². The molecule has 0 rings (SSSR count). The monoisotopic (exact) mass is 275 g/mol. The topological polar surface area (TPSA) is 124 Å². The van der Waals surface area contributed by atoms with Crippen molar-refractivity contribution in [2.45, 2.75) is 17.5 Å². The average molecular weight is 276 g/mol. The summed E-state index contributed by atoms with van der Waals surface area (Å²) in [5.74, 6) is 0. The highest BCUT2D eigenvalue weighted by Crippen LogP contribution is 2.15. The van der Waals surface area contributed by atoms with Crippen LogP contribution in [0.15, 0.2) is 0 Å². The van der Waals surface area contributed by atoms with Crippen molar-refractivity contribution >= 4 is 15.9 Å². The third-order valence-corrected chi connectivity index (χ3v) is 1.87. The van der Waals surface area contributed by atoms with Crippen LogP contribution in [0, 0.1) is 10.1 Å². The minimum atomic E-state index is -1.77. The minimum Gasteiger partial charge on any atom is -0.394 e. The van der Waals surface area contributed by atoms with Crippen LogP contribution in [-0.4, -0.2) is 55.7 Å². The zero-order valence-corrected chi connectivity index (χ0v) is 9.22.